The van der Waals surface area contributed by atoms with Gasteiger partial charge in [0.25, 0.3) is 11.9 Å². The Morgan fingerprint density at radius 3 is 1.35 bits per heavy atom. The van der Waals surface area contributed by atoms with Gasteiger partial charge in [-0.05, 0) is 99.6 Å². The summed E-state index contributed by atoms with van der Waals surface area (Å²) in [7, 11) is 4.83. The van der Waals surface area contributed by atoms with Crippen molar-refractivity contribution in [3.8, 4) is 23.0 Å². The second kappa shape index (κ2) is 32.8. The number of pyridine rings is 4. The monoisotopic (exact) mass is 1440 g/mol. The van der Waals surface area contributed by atoms with Gasteiger partial charge in [0.1, 0.15) is 28.7 Å². The Labute approximate surface area is 536 Å². The number of hydrogen-bond donors (Lipinski definition) is 6. The molecule has 0 aliphatic rings. The number of aryl methyl sites for hydroxylation is 3. The molecule has 0 saturated heterocycles. The minimum atomic E-state index is -4.47. The summed E-state index contributed by atoms with van der Waals surface area (Å²) < 4.78 is 208. The number of nitrogens with zero attached hydrogens (tertiary/aromatic N) is 4. The Morgan fingerprint density at radius 1 is 0.462 bits per heavy atom. The van der Waals surface area contributed by atoms with Crippen LogP contribution in [-0.2, 0) is 60.9 Å². The van der Waals surface area contributed by atoms with Gasteiger partial charge in [-0.25, -0.2) is 0 Å². The van der Waals surface area contributed by atoms with Crippen LogP contribution in [0.4, 0.5) is 82.9 Å². The number of rotatable bonds is 6. The number of carboxylic acids is 2. The number of nitrogens with two attached hydrogens (primary N) is 1. The summed E-state index contributed by atoms with van der Waals surface area (Å²) in [6.45, 7) is 7.61. The van der Waals surface area contributed by atoms with Crippen molar-refractivity contribution in [3.63, 3.8) is 0 Å². The van der Waals surface area contributed by atoms with E-state index in [9.17, 15) is 65.9 Å². The molecule has 16 nitrogen and oxygen atoms in total. The van der Waals surface area contributed by atoms with Crippen molar-refractivity contribution in [2.75, 3.05) is 39.5 Å². The number of alkyl halides is 15. The van der Waals surface area contributed by atoms with Gasteiger partial charge in [0.2, 0.25) is 0 Å². The van der Waals surface area contributed by atoms with E-state index < -0.39 is 70.8 Å². The number of carbonyl (C=O) groups is 2. The number of halogens is 16. The standard InChI is InChI=1S/2C14H11F3N2O.C14H13F3N2O.C8H8F3NO.C6H3ClF3N.2C2H4O2.Pd/c1-7-3-8-9-4-10(14(15,16)17)13(20-2)5-11(9)19-12(8)6-18-7;1-7-3-4-10-13(18-7)8-5-9(14(15,16)17)12(20-2)6-11(8)19-10;1-9-3-4-11(8-18-9)19-10-5-6-12(14(15,16)17)13(7-10)20-2;1-13-7-4-5(12)2-3-6(7)8(9,10)11;7-4-1-2-5(11-3-4)6(8,9)10;2*1-2(3)4;/h2*3-6,19H,1-2H3;3-8,19H,1-2H3;2-4H,12H2,1H3;1-3H;2*1H3,(H,3,4);. The number of nitrogens with one attached hydrogen (secondary N) is 3. The molecule has 0 saturated carbocycles. The maximum atomic E-state index is 13.0. The van der Waals surface area contributed by atoms with Crippen LogP contribution >= 0.6 is 11.6 Å². The minimum absolute atomic E-state index is 0. The average molecular weight is 1440 g/mol. The number of anilines is 3. The number of fused-ring (bicyclic) bond motifs is 6. The van der Waals surface area contributed by atoms with E-state index in [1.165, 1.54) is 58.8 Å². The SMILES string of the molecule is CC(=O)O.CC(=O)O.COc1cc(N)ccc1C(F)(F)F.COc1cc(Nc2ccc(C)nc2)ccc1C(F)(F)F.COc1cc2[nH]c3ccc(C)nc3c2cc1C(F)(F)F.COc1cc2[nH]c3cnc(C)cc3c2cc1C(F)(F)F.FC(F)(F)c1ccc(Cl)cn1.[Pd]. The average Bonchev–Trinajstić information content (AvgIpc) is 1.65. The number of aliphatic carboxylic acids is 2. The summed E-state index contributed by atoms with van der Waals surface area (Å²) in [6, 6.07) is 22.8. The van der Waals surface area contributed by atoms with E-state index in [1.807, 2.05) is 13.0 Å². The summed E-state index contributed by atoms with van der Waals surface area (Å²) in [6.07, 6.45) is -18.0. The van der Waals surface area contributed by atoms with Gasteiger partial charge in [-0.2, -0.15) is 65.9 Å². The molecule has 0 fully saturated rings. The molecule has 4 aromatic carbocycles. The molecule has 0 aliphatic carbocycles. The number of carboxylic acid groups (broad SMARTS) is 2. The fourth-order valence-corrected chi connectivity index (χ4v) is 7.91. The molecule has 0 atom stereocenters. The molecule has 10 rings (SSSR count). The first-order valence-corrected chi connectivity index (χ1v) is 26.1. The number of benzene rings is 4. The summed E-state index contributed by atoms with van der Waals surface area (Å²) in [5.41, 5.74) is 8.09. The molecule has 6 heterocycles. The number of aromatic nitrogens is 6. The topological polar surface area (TPSA) is 233 Å². The number of methoxy groups -OCH3 is 4. The molecular weight excluding hydrogens is 1390 g/mol. The van der Waals surface area contributed by atoms with Crippen LogP contribution in [-0.4, -0.2) is 80.5 Å². The van der Waals surface area contributed by atoms with Gasteiger partial charge in [0.05, 0.1) is 101 Å². The van der Waals surface area contributed by atoms with Crippen molar-refractivity contribution in [3.05, 3.63) is 172 Å². The first-order chi connectivity index (χ1) is 42.6. The van der Waals surface area contributed by atoms with Gasteiger partial charge in [-0.1, -0.05) is 11.6 Å². The number of hydrogen-bond acceptors (Lipinski definition) is 12. The maximum Gasteiger partial charge on any atom is 0.433 e. The Bertz CT molecular complexity index is 3970. The summed E-state index contributed by atoms with van der Waals surface area (Å²) >= 11 is 5.33. The molecule has 93 heavy (non-hydrogen) atoms. The smallest absolute Gasteiger partial charge is 0.433 e. The third-order valence-electron chi connectivity index (χ3n) is 11.7. The first kappa shape index (κ1) is 78.0. The second-order valence-corrected chi connectivity index (χ2v) is 19.2. The molecule has 0 aliphatic heterocycles. The van der Waals surface area contributed by atoms with Crippen LogP contribution < -0.4 is 30.0 Å². The van der Waals surface area contributed by atoms with Crippen molar-refractivity contribution in [1.82, 2.24) is 29.9 Å². The van der Waals surface area contributed by atoms with Crippen molar-refractivity contribution < 1.29 is 125 Å². The van der Waals surface area contributed by atoms with Gasteiger partial charge in [0, 0.05) is 109 Å². The van der Waals surface area contributed by atoms with Crippen LogP contribution in [0.5, 0.6) is 23.0 Å². The van der Waals surface area contributed by atoms with E-state index in [0.29, 0.717) is 49.7 Å². The maximum absolute atomic E-state index is 13.0. The van der Waals surface area contributed by atoms with Crippen molar-refractivity contribution in [2.24, 2.45) is 0 Å². The van der Waals surface area contributed by atoms with E-state index in [4.69, 9.17) is 51.3 Å². The summed E-state index contributed by atoms with van der Waals surface area (Å²) in [5.74, 6) is -2.54. The zero-order chi connectivity index (χ0) is 69.4. The van der Waals surface area contributed by atoms with Crippen LogP contribution in [0.2, 0.25) is 5.02 Å². The van der Waals surface area contributed by atoms with Gasteiger partial charge >= 0.3 is 30.9 Å². The molecule has 0 spiro atoms. The van der Waals surface area contributed by atoms with Crippen molar-refractivity contribution in [2.45, 2.75) is 65.5 Å². The van der Waals surface area contributed by atoms with Crippen molar-refractivity contribution in [1.29, 1.82) is 0 Å². The Kier molecular flexibility index (Phi) is 27.5. The van der Waals surface area contributed by atoms with Crippen LogP contribution in [0.3, 0.4) is 0 Å². The Hall–Kier alpha value is -9.28. The molecule has 33 heteroatoms. The molecular formula is C60H54ClF15N8O8Pd. The van der Waals surface area contributed by atoms with E-state index in [0.717, 1.165) is 85.0 Å². The van der Waals surface area contributed by atoms with E-state index >= 15 is 0 Å². The summed E-state index contributed by atoms with van der Waals surface area (Å²) in [4.78, 5) is 39.7. The molecule has 0 unspecified atom stereocenters. The fraction of sp³-hybridized carbons (Fsp3) is 0.233. The Balaban J connectivity index is 0.000000298. The first-order valence-electron chi connectivity index (χ1n) is 25.7. The van der Waals surface area contributed by atoms with Gasteiger partial charge in [-0.3, -0.25) is 29.5 Å². The fourth-order valence-electron chi connectivity index (χ4n) is 7.80. The second-order valence-electron chi connectivity index (χ2n) is 18.7. The van der Waals surface area contributed by atoms with Crippen LogP contribution in [0.1, 0.15) is 58.9 Å². The molecule has 0 bridgehead atoms. The number of aromatic amines is 2. The van der Waals surface area contributed by atoms with Gasteiger partial charge in [-0.15, -0.1) is 0 Å². The molecule has 504 valence electrons. The molecule has 10 aromatic rings. The normalized spacial score (nSPS) is 11.2. The largest absolute Gasteiger partial charge is 0.496 e. The molecule has 0 radical (unpaired) electrons. The van der Waals surface area contributed by atoms with Crippen molar-refractivity contribution >= 4 is 84.3 Å². The third-order valence-corrected chi connectivity index (χ3v) is 11.9. The molecule has 0 amide bonds. The van der Waals surface area contributed by atoms with Crippen LogP contribution in [0.25, 0.3) is 43.7 Å². The van der Waals surface area contributed by atoms with Gasteiger partial charge < -0.3 is 50.2 Å². The zero-order valence-electron chi connectivity index (χ0n) is 49.6. The minimum Gasteiger partial charge on any atom is -0.496 e. The number of ether oxygens (including phenoxy) is 4. The number of nitrogen functional groups attached to an aromatic ring is 1. The Morgan fingerprint density at radius 2 is 0.892 bits per heavy atom. The molecule has 7 N–H and O–H groups in total. The number of H-pyrrole nitrogens is 2. The third kappa shape index (κ3) is 23.1. The van der Waals surface area contributed by atoms with Crippen LogP contribution in [0, 0.1) is 20.8 Å². The van der Waals surface area contributed by atoms with Gasteiger partial charge in [0.15, 0.2) is 0 Å². The zero-order valence-corrected chi connectivity index (χ0v) is 51.9. The quantitative estimate of drug-likeness (QED) is 0.0517. The predicted molar refractivity (Wildman–Crippen MR) is 313 cm³/mol. The van der Waals surface area contributed by atoms with E-state index in [1.54, 1.807) is 50.5 Å². The van der Waals surface area contributed by atoms with E-state index in [2.05, 4.69) is 40.0 Å². The predicted octanol–water partition coefficient (Wildman–Crippen LogP) is 17.5. The molecule has 6 aromatic heterocycles. The summed E-state index contributed by atoms with van der Waals surface area (Å²) in [5, 5.41) is 19.7. The van der Waals surface area contributed by atoms with Crippen LogP contribution in [0.15, 0.2) is 122 Å². The van der Waals surface area contributed by atoms with E-state index in [-0.39, 0.29) is 54.1 Å².